The van der Waals surface area contributed by atoms with Gasteiger partial charge in [-0.1, -0.05) is 62.3 Å². The van der Waals surface area contributed by atoms with Gasteiger partial charge in [-0.3, -0.25) is 53.1 Å². The quantitative estimate of drug-likeness (QED) is 0.0208. The second-order valence-corrected chi connectivity index (χ2v) is 27.9. The zero-order valence-electron chi connectivity index (χ0n) is 51.8. The molecule has 0 radical (unpaired) electrons. The van der Waals surface area contributed by atoms with E-state index in [1.54, 1.807) is 46.4 Å². The molecule has 464 valence electrons. The molecule has 0 aromatic heterocycles. The maximum atomic E-state index is 15.0. The van der Waals surface area contributed by atoms with Crippen molar-refractivity contribution in [2.45, 2.75) is 215 Å². The highest BCUT2D eigenvalue weighted by Crippen LogP contribution is 2.39. The Morgan fingerprint density at radius 3 is 1.83 bits per heavy atom. The highest BCUT2D eigenvalue weighted by Gasteiger charge is 2.51. The lowest BCUT2D eigenvalue weighted by Crippen LogP contribution is -2.64. The summed E-state index contributed by atoms with van der Waals surface area (Å²) in [5, 5.41) is 34.3. The number of nitrogens with zero attached hydrogens (tertiary/aromatic N) is 5. The molecule has 3 aliphatic heterocycles. The molecular formula is C57H104N12O12. The number of hydrogen-bond donors (Lipinski definition) is 9. The van der Waals surface area contributed by atoms with Crippen molar-refractivity contribution in [3.63, 3.8) is 0 Å². The minimum absolute atomic E-state index is 0.00430. The predicted molar refractivity (Wildman–Crippen MR) is 308 cm³/mol. The molecule has 3 rings (SSSR count). The number of rotatable bonds is 25. The Balaban J connectivity index is 2.06. The summed E-state index contributed by atoms with van der Waals surface area (Å²) in [4.78, 5) is 121. The summed E-state index contributed by atoms with van der Waals surface area (Å²) in [5.74, 6) is -6.45. The summed E-state index contributed by atoms with van der Waals surface area (Å²) < 4.78 is 11.4. The summed E-state index contributed by atoms with van der Waals surface area (Å²) in [6.45, 7) is 33.7. The fraction of sp³-hybridized carbons (Fsp3) is 0.842. The van der Waals surface area contributed by atoms with Crippen molar-refractivity contribution in [3.8, 4) is 0 Å². The number of esters is 2. The Labute approximate surface area is 482 Å². The Morgan fingerprint density at radius 1 is 0.753 bits per heavy atom. The van der Waals surface area contributed by atoms with Crippen LogP contribution in [-0.4, -0.2) is 209 Å². The zero-order chi connectivity index (χ0) is 61.4. The standard InChI is InChI=1S/C57H104N12O12/c1-53(2,3)34-67(35-54(4,5)6)25-27-68(26-24-66(32-45(73)80-56(10,11)12)33-46(74)81-57(13,14)15)42(55(7,8)9)22-19-37(65-79)28-36-29-38-20-21-41-50(77)63-39(18-17-23-60-52(58)59-16)48(75)61-31-43(70)62-40(30-44(71)72)49(76)64-47(36)51(78)69(38)41/h36-42,47,65,79H,17-35H2,1-16H3,(H,61,75)(H,62,70)(H,63,77)(H,64,76)(H,71,72)(H3,58,59,60)/t36-,37?,38+,39+,40+,41+,42+,47-/m1/s1. The van der Waals surface area contributed by atoms with Crippen molar-refractivity contribution >= 4 is 53.4 Å². The number of carbonyl (C=O) groups excluding carboxylic acids is 7. The van der Waals surface area contributed by atoms with E-state index in [1.165, 1.54) is 11.9 Å². The number of aliphatic imine (C=N–C) groups is 1. The number of hydrogen-bond acceptors (Lipinski definition) is 16. The molecule has 24 heteroatoms. The number of aliphatic carboxylic acids is 1. The normalized spacial score (nSPS) is 22.8. The molecular weight excluding hydrogens is 1040 g/mol. The van der Waals surface area contributed by atoms with Crippen LogP contribution in [0.15, 0.2) is 4.99 Å². The maximum Gasteiger partial charge on any atom is 0.320 e. The molecule has 2 bridgehead atoms. The van der Waals surface area contributed by atoms with E-state index in [0.717, 1.165) is 13.1 Å². The molecule has 0 aromatic carbocycles. The van der Waals surface area contributed by atoms with Crippen LogP contribution in [0.4, 0.5) is 0 Å². The van der Waals surface area contributed by atoms with Crippen LogP contribution in [-0.2, 0) is 47.8 Å². The van der Waals surface area contributed by atoms with Crippen LogP contribution < -0.4 is 37.8 Å². The third-order valence-corrected chi connectivity index (χ3v) is 14.3. The summed E-state index contributed by atoms with van der Waals surface area (Å²) in [5.41, 5.74) is 6.42. The molecule has 0 aromatic rings. The molecule has 3 heterocycles. The second-order valence-electron chi connectivity index (χ2n) is 27.9. The molecule has 24 nitrogen and oxygen atoms in total. The lowest BCUT2D eigenvalue weighted by Gasteiger charge is -2.44. The Hall–Kier alpha value is -5.17. The monoisotopic (exact) mass is 1150 g/mol. The van der Waals surface area contributed by atoms with Crippen molar-refractivity contribution in [1.29, 1.82) is 0 Å². The summed E-state index contributed by atoms with van der Waals surface area (Å²) in [7, 11) is 1.51. The van der Waals surface area contributed by atoms with Crippen molar-refractivity contribution in [1.82, 2.24) is 51.7 Å². The van der Waals surface area contributed by atoms with Gasteiger partial charge in [0.2, 0.25) is 29.5 Å². The van der Waals surface area contributed by atoms with Gasteiger partial charge >= 0.3 is 17.9 Å². The van der Waals surface area contributed by atoms with Gasteiger partial charge < -0.3 is 61.9 Å². The third kappa shape index (κ3) is 25.5. The Morgan fingerprint density at radius 2 is 1.32 bits per heavy atom. The lowest BCUT2D eigenvalue weighted by atomic mass is 9.78. The number of carboxylic acid groups (broad SMARTS) is 1. The summed E-state index contributed by atoms with van der Waals surface area (Å²) in [6, 6.07) is -6.29. The number of carboxylic acids is 1. The number of fused-ring (bicyclic) bond motifs is 1. The molecule has 3 aliphatic rings. The van der Waals surface area contributed by atoms with Crippen molar-refractivity contribution < 1.29 is 58.1 Å². The number of carbonyl (C=O) groups is 8. The number of hydroxylamine groups is 1. The minimum Gasteiger partial charge on any atom is -0.481 e. The van der Waals surface area contributed by atoms with Crippen LogP contribution >= 0.6 is 0 Å². The zero-order valence-corrected chi connectivity index (χ0v) is 51.8. The second kappa shape index (κ2) is 30.4. The van der Waals surface area contributed by atoms with E-state index >= 15 is 0 Å². The first-order valence-corrected chi connectivity index (χ1v) is 29.0. The van der Waals surface area contributed by atoms with Gasteiger partial charge in [0.15, 0.2) is 5.96 Å². The minimum atomic E-state index is -1.64. The number of amides is 5. The van der Waals surface area contributed by atoms with Crippen LogP contribution in [0, 0.1) is 22.2 Å². The van der Waals surface area contributed by atoms with Crippen LogP contribution in [0.1, 0.15) is 162 Å². The number of nitrogens with one attached hydrogen (secondary N) is 6. The van der Waals surface area contributed by atoms with Gasteiger partial charge in [0.05, 0.1) is 26.1 Å². The topological polar surface area (TPSA) is 319 Å². The molecule has 5 amide bonds. The summed E-state index contributed by atoms with van der Waals surface area (Å²) in [6.07, 6.45) is 1.75. The van der Waals surface area contributed by atoms with Gasteiger partial charge in [0.1, 0.15) is 35.4 Å². The van der Waals surface area contributed by atoms with Crippen LogP contribution in [0.3, 0.4) is 0 Å². The largest absolute Gasteiger partial charge is 0.481 e. The highest BCUT2D eigenvalue weighted by atomic mass is 16.6. The van der Waals surface area contributed by atoms with Crippen LogP contribution in [0.2, 0.25) is 0 Å². The van der Waals surface area contributed by atoms with Gasteiger partial charge in [-0.15, -0.1) is 0 Å². The molecule has 3 saturated heterocycles. The van der Waals surface area contributed by atoms with Gasteiger partial charge in [-0.25, -0.2) is 5.48 Å². The average molecular weight is 1150 g/mol. The fourth-order valence-electron chi connectivity index (χ4n) is 11.2. The van der Waals surface area contributed by atoms with Crippen molar-refractivity contribution in [2.75, 3.05) is 72.5 Å². The number of guanidine groups is 1. The van der Waals surface area contributed by atoms with E-state index in [9.17, 15) is 48.7 Å². The molecule has 0 spiro atoms. The van der Waals surface area contributed by atoms with Crippen molar-refractivity contribution in [2.24, 2.45) is 32.9 Å². The first-order chi connectivity index (χ1) is 37.3. The SMILES string of the molecule is CN=C(N)NCCC[C@@H]1NC(=O)[C@@H]2CC[C@H]3C[C@@H](CC(CC[C@H](N(CCN(CC(=O)OC(C)(C)C)CC(=O)OC(C)(C)C)CCN(CC(C)(C)C)CC(C)(C)C)C(C)(C)C)NO)[C@@H](NC(=O)[C@H](CC(=O)O)NC(=O)CNC1=O)C(=O)N32. The van der Waals surface area contributed by atoms with Gasteiger partial charge in [0.25, 0.3) is 0 Å². The molecule has 3 fully saturated rings. The first kappa shape index (κ1) is 70.1. The van der Waals surface area contributed by atoms with E-state index in [0.29, 0.717) is 64.8 Å². The predicted octanol–water partition coefficient (Wildman–Crippen LogP) is 2.35. The molecule has 81 heavy (non-hydrogen) atoms. The molecule has 1 unspecified atom stereocenters. The van der Waals surface area contributed by atoms with E-state index in [-0.39, 0.29) is 60.6 Å². The first-order valence-electron chi connectivity index (χ1n) is 29.0. The van der Waals surface area contributed by atoms with Gasteiger partial charge in [0, 0.05) is 71.0 Å². The average Bonchev–Trinajstić information content (AvgIpc) is 3.74. The molecule has 0 aliphatic carbocycles. The highest BCUT2D eigenvalue weighted by molar-refractivity contribution is 5.98. The van der Waals surface area contributed by atoms with Crippen LogP contribution in [0.25, 0.3) is 0 Å². The number of nitrogens with two attached hydrogens (primary N) is 1. The molecule has 10 N–H and O–H groups in total. The Bertz CT molecular complexity index is 2110. The van der Waals surface area contributed by atoms with Crippen molar-refractivity contribution in [3.05, 3.63) is 0 Å². The molecule has 0 saturated carbocycles. The number of ether oxygens (including phenoxy) is 2. The van der Waals surface area contributed by atoms with Gasteiger partial charge in [-0.2, -0.15) is 0 Å². The third-order valence-electron chi connectivity index (χ3n) is 14.3. The van der Waals surface area contributed by atoms with Gasteiger partial charge in [-0.05, 0) is 115 Å². The van der Waals surface area contributed by atoms with E-state index in [2.05, 4.69) is 109 Å². The lowest BCUT2D eigenvalue weighted by molar-refractivity contribution is -0.160. The van der Waals surface area contributed by atoms with E-state index < -0.39 is 114 Å². The van der Waals surface area contributed by atoms with Crippen LogP contribution in [0.5, 0.6) is 0 Å². The Kier molecular flexibility index (Phi) is 26.3. The molecule has 8 atom stereocenters. The number of piperidine rings is 1. The fourth-order valence-corrected chi connectivity index (χ4v) is 11.2. The maximum absolute atomic E-state index is 15.0. The summed E-state index contributed by atoms with van der Waals surface area (Å²) >= 11 is 0. The van der Waals surface area contributed by atoms with E-state index in [4.69, 9.17) is 15.2 Å². The smallest absolute Gasteiger partial charge is 0.320 e. The van der Waals surface area contributed by atoms with E-state index in [1.807, 2.05) is 0 Å².